The van der Waals surface area contributed by atoms with E-state index in [9.17, 15) is 4.79 Å². The molecular weight excluding hydrogens is 228 g/mol. The molecule has 2 atom stereocenters. The summed E-state index contributed by atoms with van der Waals surface area (Å²) in [5, 5.41) is 0. The molecule has 0 spiro atoms. The largest absolute Gasteiger partial charge is 0.460 e. The molecule has 0 unspecified atom stereocenters. The molecule has 2 rings (SSSR count). The Morgan fingerprint density at radius 3 is 2.56 bits per heavy atom. The molecule has 0 N–H and O–H groups in total. The van der Waals surface area contributed by atoms with Crippen molar-refractivity contribution in [3.8, 4) is 0 Å². The van der Waals surface area contributed by atoms with Crippen LogP contribution in [0.4, 0.5) is 0 Å². The van der Waals surface area contributed by atoms with E-state index in [0.29, 0.717) is 6.42 Å². The van der Waals surface area contributed by atoms with Crippen LogP contribution in [0.3, 0.4) is 0 Å². The van der Waals surface area contributed by atoms with E-state index >= 15 is 0 Å². The van der Waals surface area contributed by atoms with Crippen LogP contribution >= 0.6 is 0 Å². The van der Waals surface area contributed by atoms with Crippen molar-refractivity contribution in [1.82, 2.24) is 0 Å². The summed E-state index contributed by atoms with van der Waals surface area (Å²) in [5.74, 6) is -0.148. The summed E-state index contributed by atoms with van der Waals surface area (Å²) < 4.78 is 10.8. The fourth-order valence-electron chi connectivity index (χ4n) is 1.95. The van der Waals surface area contributed by atoms with Gasteiger partial charge >= 0.3 is 5.97 Å². The van der Waals surface area contributed by atoms with Crippen LogP contribution in [-0.2, 0) is 14.3 Å². The first-order valence-electron chi connectivity index (χ1n) is 6.38. The molecule has 0 bridgehead atoms. The summed E-state index contributed by atoms with van der Waals surface area (Å²) in [4.78, 5) is 11.6. The van der Waals surface area contributed by atoms with Gasteiger partial charge in [-0.1, -0.05) is 30.3 Å². The third-order valence-corrected chi connectivity index (χ3v) is 2.76. The van der Waals surface area contributed by atoms with Gasteiger partial charge in [0.25, 0.3) is 0 Å². The third kappa shape index (κ3) is 3.84. The van der Waals surface area contributed by atoms with Gasteiger partial charge in [0.2, 0.25) is 0 Å². The molecule has 0 aliphatic carbocycles. The van der Waals surface area contributed by atoms with Crippen LogP contribution in [0, 0.1) is 0 Å². The van der Waals surface area contributed by atoms with Crippen LogP contribution in [0.5, 0.6) is 0 Å². The number of carbonyl (C=O) groups is 1. The smallest absolute Gasteiger partial charge is 0.306 e. The summed E-state index contributed by atoms with van der Waals surface area (Å²) in [6.07, 6.45) is 1.48. The third-order valence-electron chi connectivity index (χ3n) is 2.76. The number of epoxide rings is 1. The maximum Gasteiger partial charge on any atom is 0.306 e. The molecule has 0 amide bonds. The molecule has 3 nitrogen and oxygen atoms in total. The van der Waals surface area contributed by atoms with Crippen molar-refractivity contribution in [2.24, 2.45) is 0 Å². The Kier molecular flexibility index (Phi) is 3.71. The van der Waals surface area contributed by atoms with Gasteiger partial charge in [-0.3, -0.25) is 4.79 Å². The van der Waals surface area contributed by atoms with Crippen molar-refractivity contribution in [3.63, 3.8) is 0 Å². The molecule has 3 heteroatoms. The molecule has 0 radical (unpaired) electrons. The van der Waals surface area contributed by atoms with Crippen molar-refractivity contribution >= 4 is 5.97 Å². The van der Waals surface area contributed by atoms with Gasteiger partial charge in [0, 0.05) is 6.42 Å². The summed E-state index contributed by atoms with van der Waals surface area (Å²) >= 11 is 0. The highest BCUT2D eigenvalue weighted by molar-refractivity contribution is 5.69. The zero-order valence-corrected chi connectivity index (χ0v) is 11.2. The zero-order chi connectivity index (χ0) is 13.2. The van der Waals surface area contributed by atoms with E-state index in [1.807, 2.05) is 39.0 Å². The van der Waals surface area contributed by atoms with Crippen LogP contribution in [0.25, 0.3) is 0 Å². The van der Waals surface area contributed by atoms with Crippen LogP contribution in [0.2, 0.25) is 0 Å². The first-order chi connectivity index (χ1) is 8.46. The molecule has 1 aromatic carbocycles. The second-order valence-electron chi connectivity index (χ2n) is 5.63. The van der Waals surface area contributed by atoms with Crippen molar-refractivity contribution in [2.45, 2.75) is 51.4 Å². The molecule has 98 valence electrons. The minimum absolute atomic E-state index is 0.148. The Bertz CT molecular complexity index is 405. The van der Waals surface area contributed by atoms with Gasteiger partial charge in [0.05, 0.1) is 6.10 Å². The van der Waals surface area contributed by atoms with E-state index in [2.05, 4.69) is 12.1 Å². The first kappa shape index (κ1) is 13.1. The highest BCUT2D eigenvalue weighted by Gasteiger charge is 2.39. The maximum absolute atomic E-state index is 11.6. The predicted octanol–water partition coefficient (Wildman–Crippen LogP) is 3.25. The quantitative estimate of drug-likeness (QED) is 0.606. The van der Waals surface area contributed by atoms with Gasteiger partial charge in [-0.25, -0.2) is 0 Å². The second kappa shape index (κ2) is 5.11. The van der Waals surface area contributed by atoms with E-state index in [-0.39, 0.29) is 18.2 Å². The monoisotopic (exact) mass is 248 g/mol. The Balaban J connectivity index is 1.73. The lowest BCUT2D eigenvalue weighted by Gasteiger charge is -2.19. The van der Waals surface area contributed by atoms with E-state index in [0.717, 1.165) is 6.42 Å². The fraction of sp³-hybridized carbons (Fsp3) is 0.533. The SMILES string of the molecule is CC(C)(C)OC(=O)CC[C@H]1O[C@H]1c1ccccc1. The molecule has 1 aliphatic rings. The van der Waals surface area contributed by atoms with Crippen molar-refractivity contribution in [3.05, 3.63) is 35.9 Å². The molecule has 1 saturated heterocycles. The normalized spacial score (nSPS) is 22.6. The summed E-state index contributed by atoms with van der Waals surface area (Å²) in [5.41, 5.74) is 0.784. The number of esters is 1. The lowest BCUT2D eigenvalue weighted by molar-refractivity contribution is -0.155. The van der Waals surface area contributed by atoms with E-state index in [1.54, 1.807) is 0 Å². The highest BCUT2D eigenvalue weighted by Crippen LogP contribution is 2.41. The van der Waals surface area contributed by atoms with Crippen LogP contribution < -0.4 is 0 Å². The number of hydrogen-bond donors (Lipinski definition) is 0. The minimum atomic E-state index is -0.402. The number of hydrogen-bond acceptors (Lipinski definition) is 3. The van der Waals surface area contributed by atoms with Gasteiger partial charge < -0.3 is 9.47 Å². The summed E-state index contributed by atoms with van der Waals surface area (Å²) in [6, 6.07) is 10.1. The Labute approximate surface area is 108 Å². The van der Waals surface area contributed by atoms with E-state index < -0.39 is 5.60 Å². The Morgan fingerprint density at radius 2 is 1.94 bits per heavy atom. The van der Waals surface area contributed by atoms with Crippen molar-refractivity contribution < 1.29 is 14.3 Å². The van der Waals surface area contributed by atoms with E-state index in [4.69, 9.17) is 9.47 Å². The van der Waals surface area contributed by atoms with Gasteiger partial charge in [0.15, 0.2) is 0 Å². The molecule has 1 aliphatic heterocycles. The van der Waals surface area contributed by atoms with Gasteiger partial charge in [0.1, 0.15) is 11.7 Å². The lowest BCUT2D eigenvalue weighted by atomic mass is 10.1. The Morgan fingerprint density at radius 1 is 1.28 bits per heavy atom. The summed E-state index contributed by atoms with van der Waals surface area (Å²) in [7, 11) is 0. The number of benzene rings is 1. The fourth-order valence-corrected chi connectivity index (χ4v) is 1.95. The molecule has 0 aromatic heterocycles. The van der Waals surface area contributed by atoms with Crippen molar-refractivity contribution in [1.29, 1.82) is 0 Å². The zero-order valence-electron chi connectivity index (χ0n) is 11.2. The summed E-state index contributed by atoms with van der Waals surface area (Å²) in [6.45, 7) is 5.64. The first-order valence-corrected chi connectivity index (χ1v) is 6.38. The van der Waals surface area contributed by atoms with Crippen molar-refractivity contribution in [2.75, 3.05) is 0 Å². The standard InChI is InChI=1S/C15H20O3/c1-15(2,3)18-13(16)10-9-12-14(17-12)11-7-5-4-6-8-11/h4-8,12,14H,9-10H2,1-3H3/t12-,14+/m1/s1. The molecule has 1 heterocycles. The number of carbonyl (C=O) groups excluding carboxylic acids is 1. The van der Waals surface area contributed by atoms with Gasteiger partial charge in [-0.15, -0.1) is 0 Å². The maximum atomic E-state index is 11.6. The van der Waals surface area contributed by atoms with Crippen LogP contribution in [0.15, 0.2) is 30.3 Å². The average molecular weight is 248 g/mol. The van der Waals surface area contributed by atoms with Crippen LogP contribution in [0.1, 0.15) is 45.3 Å². The molecular formula is C15H20O3. The Hall–Kier alpha value is -1.35. The number of rotatable bonds is 4. The number of ether oxygens (including phenoxy) is 2. The topological polar surface area (TPSA) is 38.8 Å². The highest BCUT2D eigenvalue weighted by atomic mass is 16.6. The van der Waals surface area contributed by atoms with Gasteiger partial charge in [-0.05, 0) is 32.8 Å². The molecule has 0 saturated carbocycles. The average Bonchev–Trinajstić information content (AvgIpc) is 3.05. The predicted molar refractivity (Wildman–Crippen MR) is 69.1 cm³/mol. The minimum Gasteiger partial charge on any atom is -0.460 e. The molecule has 1 fully saturated rings. The van der Waals surface area contributed by atoms with E-state index in [1.165, 1.54) is 5.56 Å². The van der Waals surface area contributed by atoms with Crippen LogP contribution in [-0.4, -0.2) is 17.7 Å². The lowest BCUT2D eigenvalue weighted by Crippen LogP contribution is -2.23. The van der Waals surface area contributed by atoms with Gasteiger partial charge in [-0.2, -0.15) is 0 Å². The molecule has 1 aromatic rings. The second-order valence-corrected chi connectivity index (χ2v) is 5.63. The molecule has 18 heavy (non-hydrogen) atoms.